The molecule has 0 heterocycles. The normalized spacial score (nSPS) is 15.0. The molecule has 6 heteroatoms. The third-order valence-corrected chi connectivity index (χ3v) is 3.35. The van der Waals surface area contributed by atoms with E-state index in [9.17, 15) is 9.59 Å². The van der Waals surface area contributed by atoms with E-state index in [1.165, 1.54) is 0 Å². The molecule has 1 saturated carbocycles. The number of carbonyl (C=O) groups is 2. The lowest BCUT2D eigenvalue weighted by molar-refractivity contribution is -0.118. The van der Waals surface area contributed by atoms with Crippen LogP contribution in [-0.4, -0.2) is 23.9 Å². The van der Waals surface area contributed by atoms with Gasteiger partial charge in [-0.2, -0.15) is 0 Å². The Morgan fingerprint density at radius 1 is 1.19 bits per heavy atom. The molecule has 0 aromatic heterocycles. The predicted molar refractivity (Wildman–Crippen MR) is 85.6 cm³/mol. The Morgan fingerprint density at radius 3 is 2.24 bits per heavy atom. The van der Waals surface area contributed by atoms with Crippen molar-refractivity contribution in [3.05, 3.63) is 29.8 Å². The second kappa shape index (κ2) is 7.43. The van der Waals surface area contributed by atoms with Crippen LogP contribution >= 0.6 is 12.4 Å². The second-order valence-electron chi connectivity index (χ2n) is 5.58. The quantitative estimate of drug-likeness (QED) is 0.776. The van der Waals surface area contributed by atoms with Crippen molar-refractivity contribution in [2.45, 2.75) is 38.8 Å². The Hall–Kier alpha value is -1.59. The highest BCUT2D eigenvalue weighted by atomic mass is 35.5. The van der Waals surface area contributed by atoms with Crippen molar-refractivity contribution < 1.29 is 9.59 Å². The predicted octanol–water partition coefficient (Wildman–Crippen LogP) is 1.92. The molecule has 5 nitrogen and oxygen atoms in total. The first-order chi connectivity index (χ1) is 9.47. The van der Waals surface area contributed by atoms with E-state index in [0.717, 1.165) is 12.8 Å². The molecule has 1 aromatic rings. The molecule has 116 valence electrons. The average molecular weight is 312 g/mol. The molecule has 0 aliphatic heterocycles. The van der Waals surface area contributed by atoms with E-state index in [4.69, 9.17) is 5.73 Å². The van der Waals surface area contributed by atoms with Crippen molar-refractivity contribution in [2.75, 3.05) is 5.32 Å². The minimum Gasteiger partial charge on any atom is -0.349 e. The maximum Gasteiger partial charge on any atom is 0.251 e. The fourth-order valence-corrected chi connectivity index (χ4v) is 1.73. The summed E-state index contributed by atoms with van der Waals surface area (Å²) in [7, 11) is 0. The number of benzene rings is 1. The zero-order chi connectivity index (χ0) is 14.7. The number of halogens is 1. The molecule has 1 aromatic carbocycles. The largest absolute Gasteiger partial charge is 0.349 e. The van der Waals surface area contributed by atoms with Gasteiger partial charge in [0.15, 0.2) is 0 Å². The molecule has 21 heavy (non-hydrogen) atoms. The SMILES string of the molecule is CC(C)[C@@H](N)C(=O)Nc1ccc(C(=O)NC2CC2)cc1.Cl. The molecule has 0 radical (unpaired) electrons. The molecule has 0 spiro atoms. The molecule has 0 saturated heterocycles. The molecular formula is C15H22ClN3O2. The molecule has 1 aliphatic rings. The van der Waals surface area contributed by atoms with Crippen LogP contribution in [0.3, 0.4) is 0 Å². The van der Waals surface area contributed by atoms with Gasteiger partial charge in [-0.15, -0.1) is 12.4 Å². The highest BCUT2D eigenvalue weighted by Crippen LogP contribution is 2.19. The molecule has 1 aliphatic carbocycles. The van der Waals surface area contributed by atoms with Gasteiger partial charge >= 0.3 is 0 Å². The lowest BCUT2D eigenvalue weighted by Gasteiger charge is -2.15. The van der Waals surface area contributed by atoms with Gasteiger partial charge < -0.3 is 16.4 Å². The minimum absolute atomic E-state index is 0. The summed E-state index contributed by atoms with van der Waals surface area (Å²) < 4.78 is 0. The first-order valence-electron chi connectivity index (χ1n) is 6.94. The van der Waals surface area contributed by atoms with Gasteiger partial charge in [-0.05, 0) is 43.0 Å². The number of amides is 2. The summed E-state index contributed by atoms with van der Waals surface area (Å²) in [6, 6.07) is 6.64. The number of rotatable bonds is 5. The average Bonchev–Trinajstić information content (AvgIpc) is 3.22. The van der Waals surface area contributed by atoms with Crippen LogP contribution in [0.15, 0.2) is 24.3 Å². The standard InChI is InChI=1S/C15H21N3O2.ClH/c1-9(2)13(16)15(20)18-11-5-3-10(4-6-11)14(19)17-12-7-8-12;/h3-6,9,12-13H,7-8,16H2,1-2H3,(H,17,19)(H,18,20);1H/t13-;/m1./s1. The molecule has 0 unspecified atom stereocenters. The lowest BCUT2D eigenvalue weighted by atomic mass is 10.0. The molecule has 2 rings (SSSR count). The topological polar surface area (TPSA) is 84.2 Å². The summed E-state index contributed by atoms with van der Waals surface area (Å²) in [5.41, 5.74) is 7.02. The van der Waals surface area contributed by atoms with Gasteiger partial charge in [-0.25, -0.2) is 0 Å². The Kier molecular flexibility index (Phi) is 6.18. The van der Waals surface area contributed by atoms with Crippen LogP contribution in [0.25, 0.3) is 0 Å². The maximum absolute atomic E-state index is 11.8. The number of nitrogens with one attached hydrogen (secondary N) is 2. The van der Waals surface area contributed by atoms with Crippen LogP contribution in [0.5, 0.6) is 0 Å². The number of hydrogen-bond acceptors (Lipinski definition) is 3. The van der Waals surface area contributed by atoms with Crippen LogP contribution in [0.1, 0.15) is 37.0 Å². The van der Waals surface area contributed by atoms with Gasteiger partial charge in [0.1, 0.15) is 0 Å². The summed E-state index contributed by atoms with van der Waals surface area (Å²) in [6.45, 7) is 3.80. The molecule has 4 N–H and O–H groups in total. The van der Waals surface area contributed by atoms with E-state index < -0.39 is 6.04 Å². The van der Waals surface area contributed by atoms with Gasteiger partial charge in [0, 0.05) is 17.3 Å². The zero-order valence-electron chi connectivity index (χ0n) is 12.3. The van der Waals surface area contributed by atoms with Crippen LogP contribution < -0.4 is 16.4 Å². The molecule has 1 fully saturated rings. The van der Waals surface area contributed by atoms with Crippen LogP contribution in [-0.2, 0) is 4.79 Å². The third-order valence-electron chi connectivity index (χ3n) is 3.35. The summed E-state index contributed by atoms with van der Waals surface area (Å²) in [5, 5.41) is 5.66. The van der Waals surface area contributed by atoms with Crippen molar-refractivity contribution in [2.24, 2.45) is 11.7 Å². The number of carbonyl (C=O) groups excluding carboxylic acids is 2. The summed E-state index contributed by atoms with van der Waals surface area (Å²) in [6.07, 6.45) is 2.12. The van der Waals surface area contributed by atoms with E-state index in [1.54, 1.807) is 24.3 Å². The van der Waals surface area contributed by atoms with Gasteiger partial charge in [0.05, 0.1) is 6.04 Å². The number of anilines is 1. The summed E-state index contributed by atoms with van der Waals surface area (Å²) >= 11 is 0. The van der Waals surface area contributed by atoms with Gasteiger partial charge in [0.25, 0.3) is 5.91 Å². The van der Waals surface area contributed by atoms with E-state index in [1.807, 2.05) is 13.8 Å². The van der Waals surface area contributed by atoms with Crippen molar-refractivity contribution in [3.8, 4) is 0 Å². The Balaban J connectivity index is 0.00000220. The molecule has 2 amide bonds. The Bertz CT molecular complexity index is 498. The monoisotopic (exact) mass is 311 g/mol. The Labute approximate surface area is 131 Å². The lowest BCUT2D eigenvalue weighted by Crippen LogP contribution is -2.39. The van der Waals surface area contributed by atoms with Gasteiger partial charge in [-0.1, -0.05) is 13.8 Å². The van der Waals surface area contributed by atoms with E-state index in [2.05, 4.69) is 10.6 Å². The Morgan fingerprint density at radius 2 is 1.76 bits per heavy atom. The fraction of sp³-hybridized carbons (Fsp3) is 0.467. The van der Waals surface area contributed by atoms with Gasteiger partial charge in [-0.3, -0.25) is 9.59 Å². The third kappa shape index (κ3) is 5.02. The number of hydrogen-bond donors (Lipinski definition) is 3. The highest BCUT2D eigenvalue weighted by Gasteiger charge is 2.23. The first-order valence-corrected chi connectivity index (χ1v) is 6.94. The molecule has 0 bridgehead atoms. The second-order valence-corrected chi connectivity index (χ2v) is 5.58. The number of nitrogens with two attached hydrogens (primary N) is 1. The van der Waals surface area contributed by atoms with Gasteiger partial charge in [0.2, 0.25) is 5.91 Å². The van der Waals surface area contributed by atoms with E-state index in [0.29, 0.717) is 17.3 Å². The zero-order valence-corrected chi connectivity index (χ0v) is 13.1. The van der Waals surface area contributed by atoms with E-state index in [-0.39, 0.29) is 30.1 Å². The van der Waals surface area contributed by atoms with Crippen LogP contribution in [0.4, 0.5) is 5.69 Å². The first kappa shape index (κ1) is 17.5. The van der Waals surface area contributed by atoms with Crippen LogP contribution in [0, 0.1) is 5.92 Å². The minimum atomic E-state index is -0.534. The van der Waals surface area contributed by atoms with Crippen molar-refractivity contribution in [1.82, 2.24) is 5.32 Å². The summed E-state index contributed by atoms with van der Waals surface area (Å²) in [4.78, 5) is 23.6. The van der Waals surface area contributed by atoms with Crippen molar-refractivity contribution in [1.29, 1.82) is 0 Å². The molecular weight excluding hydrogens is 290 g/mol. The fourth-order valence-electron chi connectivity index (χ4n) is 1.73. The van der Waals surface area contributed by atoms with Crippen molar-refractivity contribution in [3.63, 3.8) is 0 Å². The van der Waals surface area contributed by atoms with Crippen molar-refractivity contribution >= 4 is 29.9 Å². The smallest absolute Gasteiger partial charge is 0.251 e. The van der Waals surface area contributed by atoms with Crippen LogP contribution in [0.2, 0.25) is 0 Å². The van der Waals surface area contributed by atoms with E-state index >= 15 is 0 Å². The summed E-state index contributed by atoms with van der Waals surface area (Å²) in [5.74, 6) is -0.196. The highest BCUT2D eigenvalue weighted by molar-refractivity contribution is 5.97. The maximum atomic E-state index is 11.8. The molecule has 1 atom stereocenters.